The number of benzene rings is 1. The second kappa shape index (κ2) is 7.60. The van der Waals surface area contributed by atoms with E-state index in [9.17, 15) is 9.59 Å². The molecule has 0 bridgehead atoms. The Kier molecular flexibility index (Phi) is 5.04. The molecular formula is C20H20N2O2S2. The monoisotopic (exact) mass is 384 g/mol. The van der Waals surface area contributed by atoms with Crippen LogP contribution in [0.3, 0.4) is 0 Å². The number of hydrogen-bond donors (Lipinski definition) is 1. The first-order valence-corrected chi connectivity index (χ1v) is 10.5. The molecule has 4 rings (SSSR count). The number of thiophene rings is 2. The molecule has 3 aromatic rings. The van der Waals surface area contributed by atoms with Crippen molar-refractivity contribution in [1.82, 2.24) is 4.90 Å². The van der Waals surface area contributed by atoms with Gasteiger partial charge in [0.2, 0.25) is 5.91 Å². The maximum absolute atomic E-state index is 12.7. The van der Waals surface area contributed by atoms with Gasteiger partial charge in [-0.05, 0) is 60.4 Å². The van der Waals surface area contributed by atoms with E-state index < -0.39 is 0 Å². The maximum Gasteiger partial charge on any atom is 0.263 e. The van der Waals surface area contributed by atoms with Crippen LogP contribution in [0.2, 0.25) is 0 Å². The van der Waals surface area contributed by atoms with Crippen molar-refractivity contribution in [3.63, 3.8) is 0 Å². The molecule has 6 heteroatoms. The summed E-state index contributed by atoms with van der Waals surface area (Å²) < 4.78 is 1.07. The van der Waals surface area contributed by atoms with Crippen molar-refractivity contribution in [2.75, 3.05) is 18.4 Å². The number of likely N-dealkylation sites (tertiary alicyclic amines) is 1. The highest BCUT2D eigenvalue weighted by Gasteiger charge is 2.20. The third-order valence-electron chi connectivity index (χ3n) is 4.57. The Hall–Kier alpha value is -2.18. The molecule has 1 fully saturated rings. The van der Waals surface area contributed by atoms with Crippen LogP contribution in [0.4, 0.5) is 5.69 Å². The first-order valence-electron chi connectivity index (χ1n) is 8.84. The summed E-state index contributed by atoms with van der Waals surface area (Å²) in [5, 5.41) is 5.93. The number of carbonyl (C=O) groups is 2. The van der Waals surface area contributed by atoms with Crippen molar-refractivity contribution in [3.8, 4) is 0 Å². The Morgan fingerprint density at radius 3 is 2.69 bits per heavy atom. The second-order valence-corrected chi connectivity index (χ2v) is 8.64. The molecule has 1 aliphatic heterocycles. The van der Waals surface area contributed by atoms with Crippen LogP contribution in [0.5, 0.6) is 0 Å². The van der Waals surface area contributed by atoms with Gasteiger partial charge in [-0.2, -0.15) is 0 Å². The Balaban J connectivity index is 1.48. The van der Waals surface area contributed by atoms with Crippen molar-refractivity contribution in [3.05, 3.63) is 51.5 Å². The number of amides is 2. The minimum Gasteiger partial charge on any atom is -0.338 e. The van der Waals surface area contributed by atoms with E-state index in [0.717, 1.165) is 51.5 Å². The molecule has 1 aliphatic rings. The first kappa shape index (κ1) is 17.2. The van der Waals surface area contributed by atoms with Crippen LogP contribution in [0.15, 0.2) is 41.8 Å². The van der Waals surface area contributed by atoms with Gasteiger partial charge in [0.1, 0.15) is 0 Å². The SMILES string of the molecule is O=C(Cc1cccs1)Nc1ccc2sc(C(=O)N3CCCCC3)cc2c1. The summed E-state index contributed by atoms with van der Waals surface area (Å²) in [6.07, 6.45) is 3.79. The van der Waals surface area contributed by atoms with Crippen molar-refractivity contribution in [2.24, 2.45) is 0 Å². The highest BCUT2D eigenvalue weighted by Crippen LogP contribution is 2.29. The highest BCUT2D eigenvalue weighted by molar-refractivity contribution is 7.20. The summed E-state index contributed by atoms with van der Waals surface area (Å²) in [7, 11) is 0. The average Bonchev–Trinajstić information content (AvgIpc) is 3.31. The lowest BCUT2D eigenvalue weighted by molar-refractivity contribution is -0.115. The lowest BCUT2D eigenvalue weighted by Crippen LogP contribution is -2.35. The predicted octanol–water partition coefficient (Wildman–Crippen LogP) is 4.77. The van der Waals surface area contributed by atoms with Crippen molar-refractivity contribution < 1.29 is 9.59 Å². The minimum absolute atomic E-state index is 0.0216. The van der Waals surface area contributed by atoms with E-state index in [4.69, 9.17) is 0 Å². The molecule has 26 heavy (non-hydrogen) atoms. The van der Waals surface area contributed by atoms with Crippen molar-refractivity contribution in [1.29, 1.82) is 0 Å². The van der Waals surface area contributed by atoms with Gasteiger partial charge in [0.15, 0.2) is 0 Å². The number of nitrogens with zero attached hydrogens (tertiary/aromatic N) is 1. The van der Waals surface area contributed by atoms with E-state index in [2.05, 4.69) is 5.32 Å². The average molecular weight is 385 g/mol. The minimum atomic E-state index is -0.0216. The van der Waals surface area contributed by atoms with Gasteiger partial charge in [0, 0.05) is 28.4 Å². The molecular weight excluding hydrogens is 364 g/mol. The Labute approximate surface area is 160 Å². The fraction of sp³-hybridized carbons (Fsp3) is 0.300. The first-order chi connectivity index (χ1) is 12.7. The molecule has 0 saturated carbocycles. The molecule has 134 valence electrons. The molecule has 1 aromatic carbocycles. The van der Waals surface area contributed by atoms with Crippen LogP contribution in [0, 0.1) is 0 Å². The van der Waals surface area contributed by atoms with Crippen molar-refractivity contribution in [2.45, 2.75) is 25.7 Å². The number of piperidine rings is 1. The van der Waals surface area contributed by atoms with Gasteiger partial charge < -0.3 is 10.2 Å². The number of fused-ring (bicyclic) bond motifs is 1. The Bertz CT molecular complexity index is 925. The highest BCUT2D eigenvalue weighted by atomic mass is 32.1. The molecule has 0 aliphatic carbocycles. The van der Waals surface area contributed by atoms with E-state index in [0.29, 0.717) is 6.42 Å². The van der Waals surface area contributed by atoms with Crippen LogP contribution < -0.4 is 5.32 Å². The molecule has 0 unspecified atom stereocenters. The molecule has 2 amide bonds. The molecule has 0 radical (unpaired) electrons. The molecule has 0 spiro atoms. The van der Waals surface area contributed by atoms with Crippen LogP contribution in [-0.2, 0) is 11.2 Å². The van der Waals surface area contributed by atoms with E-state index in [1.807, 2.05) is 46.7 Å². The smallest absolute Gasteiger partial charge is 0.263 e. The van der Waals surface area contributed by atoms with E-state index in [1.165, 1.54) is 17.8 Å². The number of nitrogens with one attached hydrogen (secondary N) is 1. The van der Waals surface area contributed by atoms with E-state index >= 15 is 0 Å². The van der Waals surface area contributed by atoms with Crippen LogP contribution in [-0.4, -0.2) is 29.8 Å². The topological polar surface area (TPSA) is 49.4 Å². The largest absolute Gasteiger partial charge is 0.338 e. The molecule has 4 nitrogen and oxygen atoms in total. The van der Waals surface area contributed by atoms with Gasteiger partial charge >= 0.3 is 0 Å². The zero-order valence-corrected chi connectivity index (χ0v) is 16.0. The third kappa shape index (κ3) is 3.81. The zero-order valence-electron chi connectivity index (χ0n) is 14.4. The second-order valence-electron chi connectivity index (χ2n) is 6.52. The summed E-state index contributed by atoms with van der Waals surface area (Å²) in [5.74, 6) is 0.112. The van der Waals surface area contributed by atoms with Crippen molar-refractivity contribution >= 4 is 50.3 Å². The van der Waals surface area contributed by atoms with Gasteiger partial charge in [0.05, 0.1) is 11.3 Å². The lowest BCUT2D eigenvalue weighted by atomic mass is 10.1. The molecule has 0 atom stereocenters. The summed E-state index contributed by atoms with van der Waals surface area (Å²) in [5.41, 5.74) is 0.772. The summed E-state index contributed by atoms with van der Waals surface area (Å²) in [4.78, 5) is 28.6. The van der Waals surface area contributed by atoms with Gasteiger partial charge in [-0.1, -0.05) is 6.07 Å². The fourth-order valence-electron chi connectivity index (χ4n) is 3.26. The zero-order chi connectivity index (χ0) is 17.9. The van der Waals surface area contributed by atoms with E-state index in [-0.39, 0.29) is 11.8 Å². The quantitative estimate of drug-likeness (QED) is 0.704. The Morgan fingerprint density at radius 1 is 1.08 bits per heavy atom. The van der Waals surface area contributed by atoms with Gasteiger partial charge in [0.25, 0.3) is 5.91 Å². The molecule has 3 heterocycles. The van der Waals surface area contributed by atoms with Crippen LogP contribution >= 0.6 is 22.7 Å². The summed E-state index contributed by atoms with van der Waals surface area (Å²) in [6.45, 7) is 1.72. The van der Waals surface area contributed by atoms with Crippen LogP contribution in [0.1, 0.15) is 33.8 Å². The van der Waals surface area contributed by atoms with Gasteiger partial charge in [-0.15, -0.1) is 22.7 Å². The number of carbonyl (C=O) groups excluding carboxylic acids is 2. The molecule has 1 saturated heterocycles. The summed E-state index contributed by atoms with van der Waals surface area (Å²) in [6, 6.07) is 11.7. The number of hydrogen-bond acceptors (Lipinski definition) is 4. The normalized spacial score (nSPS) is 14.5. The van der Waals surface area contributed by atoms with Gasteiger partial charge in [-0.3, -0.25) is 9.59 Å². The molecule has 2 aromatic heterocycles. The van der Waals surface area contributed by atoms with Crippen LogP contribution in [0.25, 0.3) is 10.1 Å². The van der Waals surface area contributed by atoms with Gasteiger partial charge in [-0.25, -0.2) is 0 Å². The van der Waals surface area contributed by atoms with E-state index in [1.54, 1.807) is 11.3 Å². The summed E-state index contributed by atoms with van der Waals surface area (Å²) >= 11 is 3.11. The predicted molar refractivity (Wildman–Crippen MR) is 108 cm³/mol. The Morgan fingerprint density at radius 2 is 1.92 bits per heavy atom. The number of anilines is 1. The maximum atomic E-state index is 12.7. The molecule has 1 N–H and O–H groups in total. The third-order valence-corrected chi connectivity index (χ3v) is 6.55. The fourth-order valence-corrected chi connectivity index (χ4v) is 4.97. The standard InChI is InChI=1S/C20H20N2O2S2/c23-19(13-16-5-4-10-25-16)21-15-6-7-17-14(11-15)12-18(26-17)20(24)22-8-2-1-3-9-22/h4-7,10-12H,1-3,8-9,13H2,(H,21,23). The number of rotatable bonds is 4. The lowest BCUT2D eigenvalue weighted by Gasteiger charge is -2.26.